The van der Waals surface area contributed by atoms with E-state index in [-0.39, 0.29) is 0 Å². The predicted octanol–water partition coefficient (Wildman–Crippen LogP) is -5.74. The van der Waals surface area contributed by atoms with Crippen LogP contribution in [0.25, 0.3) is 0 Å². The van der Waals surface area contributed by atoms with Gasteiger partial charge in [-0.2, -0.15) is 0 Å². The zero-order valence-corrected chi connectivity index (χ0v) is 19.6. The molecule has 15 nitrogen and oxygen atoms in total. The lowest BCUT2D eigenvalue weighted by Gasteiger charge is -2.47. The fraction of sp³-hybridized carbons (Fsp3) is 0.950. The Labute approximate surface area is 201 Å². The minimum Gasteiger partial charge on any atom is -0.394 e. The van der Waals surface area contributed by atoms with E-state index in [4.69, 9.17) is 18.9 Å². The molecule has 206 valence electrons. The summed E-state index contributed by atoms with van der Waals surface area (Å²) in [7, 11) is 0. The van der Waals surface area contributed by atoms with Crippen LogP contribution in [0.15, 0.2) is 0 Å². The second-order valence-electron chi connectivity index (χ2n) is 9.05. The zero-order chi connectivity index (χ0) is 26.7. The van der Waals surface area contributed by atoms with Crippen molar-refractivity contribution in [3.8, 4) is 0 Å². The molecule has 1 amide bonds. The summed E-state index contributed by atoms with van der Waals surface area (Å²) in [4.78, 5) is 11.7. The molecule has 0 unspecified atom stereocenters. The smallest absolute Gasteiger partial charge is 0.217 e. The lowest BCUT2D eigenvalue weighted by molar-refractivity contribution is -0.340. The molecule has 0 spiro atoms. The summed E-state index contributed by atoms with van der Waals surface area (Å²) >= 11 is 0. The van der Waals surface area contributed by atoms with Crippen molar-refractivity contribution in [1.29, 1.82) is 0 Å². The molecule has 0 radical (unpaired) electrons. The monoisotopic (exact) mass is 515 g/mol. The molecule has 0 aromatic heterocycles. The van der Waals surface area contributed by atoms with E-state index in [1.54, 1.807) is 0 Å². The first-order valence-corrected chi connectivity index (χ1v) is 11.1. The van der Waals surface area contributed by atoms with Gasteiger partial charge in [0.1, 0.15) is 60.5 Å². The van der Waals surface area contributed by atoms with E-state index >= 15 is 0 Å². The van der Waals surface area contributed by atoms with Gasteiger partial charge in [0.15, 0.2) is 12.6 Å². The molecule has 0 aliphatic carbocycles. The van der Waals surface area contributed by atoms with Gasteiger partial charge in [-0.1, -0.05) is 0 Å². The van der Waals surface area contributed by atoms with E-state index in [1.165, 1.54) is 13.8 Å². The number of ether oxygens (including phenoxy) is 4. The molecule has 0 bridgehead atoms. The lowest BCUT2D eigenvalue weighted by Crippen LogP contribution is -2.67. The second kappa shape index (κ2) is 12.5. The normalized spacial score (nSPS) is 41.6. The number of carbonyl (C=O) groups is 1. The number of amides is 1. The molecule has 2 aliphatic heterocycles. The Balaban J connectivity index is 2.30. The maximum Gasteiger partial charge on any atom is 0.217 e. The molecule has 2 rings (SSSR count). The topological polar surface area (TPSA) is 248 Å². The highest BCUT2D eigenvalue weighted by atomic mass is 16.7. The Morgan fingerprint density at radius 2 is 1.60 bits per heavy atom. The van der Waals surface area contributed by atoms with Crippen LogP contribution < -0.4 is 5.32 Å². The third-order valence-corrected chi connectivity index (χ3v) is 6.16. The van der Waals surface area contributed by atoms with E-state index in [0.717, 1.165) is 6.92 Å². The fourth-order valence-electron chi connectivity index (χ4n) is 3.93. The van der Waals surface area contributed by atoms with Crippen molar-refractivity contribution in [2.24, 2.45) is 0 Å². The molecule has 0 aromatic carbocycles. The molecule has 2 heterocycles. The first-order chi connectivity index (χ1) is 16.3. The predicted molar refractivity (Wildman–Crippen MR) is 112 cm³/mol. The van der Waals surface area contributed by atoms with Gasteiger partial charge in [0.25, 0.3) is 0 Å². The maximum atomic E-state index is 11.7. The van der Waals surface area contributed by atoms with Gasteiger partial charge in [0.05, 0.1) is 25.9 Å². The average molecular weight is 516 g/mol. The molecule has 2 saturated heterocycles. The van der Waals surface area contributed by atoms with E-state index in [1.807, 2.05) is 0 Å². The van der Waals surface area contributed by atoms with Crippen molar-refractivity contribution in [1.82, 2.24) is 5.32 Å². The molecule has 0 aromatic rings. The number of hydrogen-bond donors (Lipinski definition) is 10. The summed E-state index contributed by atoms with van der Waals surface area (Å²) in [5, 5.41) is 92.6. The van der Waals surface area contributed by atoms with Crippen LogP contribution in [0.1, 0.15) is 20.8 Å². The first kappa shape index (κ1) is 30.2. The van der Waals surface area contributed by atoms with E-state index in [0.29, 0.717) is 0 Å². The molecule has 35 heavy (non-hydrogen) atoms. The summed E-state index contributed by atoms with van der Waals surface area (Å²) in [5.74, 6) is -0.630. The minimum atomic E-state index is -1.99. The van der Waals surface area contributed by atoms with Crippen LogP contribution in [0.4, 0.5) is 0 Å². The summed E-state index contributed by atoms with van der Waals surface area (Å²) in [6.07, 6.45) is -17.0. The Bertz CT molecular complexity index is 686. The highest BCUT2D eigenvalue weighted by Crippen LogP contribution is 2.30. The van der Waals surface area contributed by atoms with Crippen molar-refractivity contribution >= 4 is 5.91 Å². The Morgan fingerprint density at radius 3 is 2.14 bits per heavy atom. The summed E-state index contributed by atoms with van der Waals surface area (Å²) in [6, 6.07) is -1.39. The maximum absolute atomic E-state index is 11.7. The van der Waals surface area contributed by atoms with Crippen molar-refractivity contribution in [3.63, 3.8) is 0 Å². The number of aliphatic hydroxyl groups is 9. The van der Waals surface area contributed by atoms with Gasteiger partial charge in [-0.15, -0.1) is 0 Å². The molecule has 10 N–H and O–H groups in total. The van der Waals surface area contributed by atoms with Gasteiger partial charge in [0.2, 0.25) is 5.91 Å². The van der Waals surface area contributed by atoms with Gasteiger partial charge < -0.3 is 70.2 Å². The number of rotatable bonds is 10. The van der Waals surface area contributed by atoms with Crippen LogP contribution in [0.2, 0.25) is 0 Å². The third-order valence-electron chi connectivity index (χ3n) is 6.16. The molecule has 13 atom stereocenters. The van der Waals surface area contributed by atoms with E-state index in [2.05, 4.69) is 5.32 Å². The quantitative estimate of drug-likeness (QED) is 0.130. The van der Waals surface area contributed by atoms with Crippen LogP contribution in [-0.2, 0) is 23.7 Å². The SMILES string of the molecule is CC(=O)N[C@H]1[C@@H](O[C@](C)(CO[C@@H]2O[C@@H](C)[C@@H](O)[C@@H](O)[C@@H]2O)[C@@H](O)[C@H](O)CO)O[C@H](CO)[C@H](O)[C@@H]1O. The molecule has 2 fully saturated rings. The van der Waals surface area contributed by atoms with Gasteiger partial charge >= 0.3 is 0 Å². The third kappa shape index (κ3) is 6.84. The molecular formula is C20H37NO14. The van der Waals surface area contributed by atoms with Crippen LogP contribution in [0, 0.1) is 0 Å². The Morgan fingerprint density at radius 1 is 0.971 bits per heavy atom. The Hall–Kier alpha value is -1.05. The second-order valence-corrected chi connectivity index (χ2v) is 9.05. The van der Waals surface area contributed by atoms with Crippen molar-refractivity contribution in [3.05, 3.63) is 0 Å². The van der Waals surface area contributed by atoms with Gasteiger partial charge in [-0.25, -0.2) is 0 Å². The number of nitrogens with one attached hydrogen (secondary N) is 1. The fourth-order valence-corrected chi connectivity index (χ4v) is 3.93. The van der Waals surface area contributed by atoms with Gasteiger partial charge in [0, 0.05) is 6.92 Å². The number of hydrogen-bond acceptors (Lipinski definition) is 14. The van der Waals surface area contributed by atoms with Gasteiger partial charge in [-0.3, -0.25) is 4.79 Å². The standard InChI is InChI=1S/C20H37NO14/c1-7-12(26)15(29)16(30)19(33-7)32-6-20(3,17(31)9(25)4-22)35-18-11(21-8(2)24)14(28)13(27)10(5-23)34-18/h7,9-19,22-23,25-31H,4-6H2,1-3H3,(H,21,24)/t7-,9+,10+,11+,12+,13-,14+,15+,16-,17-,18+,19+,20+/m0/s1. The molecule has 0 saturated carbocycles. The summed E-state index contributed by atoms with van der Waals surface area (Å²) < 4.78 is 22.2. The van der Waals surface area contributed by atoms with Crippen LogP contribution in [-0.4, -0.2) is 151 Å². The van der Waals surface area contributed by atoms with Gasteiger partial charge in [-0.05, 0) is 13.8 Å². The summed E-state index contributed by atoms with van der Waals surface area (Å²) in [5.41, 5.74) is -1.99. The Kier molecular flexibility index (Phi) is 10.7. The number of aliphatic hydroxyl groups excluding tert-OH is 9. The highest BCUT2D eigenvalue weighted by Gasteiger charge is 2.51. The number of carbonyl (C=O) groups excluding carboxylic acids is 1. The summed E-state index contributed by atoms with van der Waals surface area (Å²) in [6.45, 7) is 1.47. The highest BCUT2D eigenvalue weighted by molar-refractivity contribution is 5.73. The van der Waals surface area contributed by atoms with Crippen LogP contribution >= 0.6 is 0 Å². The largest absolute Gasteiger partial charge is 0.394 e. The molecule has 15 heteroatoms. The zero-order valence-electron chi connectivity index (χ0n) is 19.6. The lowest BCUT2D eigenvalue weighted by atomic mass is 9.93. The van der Waals surface area contributed by atoms with E-state index in [9.17, 15) is 50.8 Å². The molecule has 2 aliphatic rings. The van der Waals surface area contributed by atoms with E-state index < -0.39 is 105 Å². The molecular weight excluding hydrogens is 478 g/mol. The van der Waals surface area contributed by atoms with Crippen molar-refractivity contribution in [2.75, 3.05) is 19.8 Å². The van der Waals surface area contributed by atoms with Crippen LogP contribution in [0.5, 0.6) is 0 Å². The minimum absolute atomic E-state index is 0.630. The van der Waals surface area contributed by atoms with Crippen molar-refractivity contribution in [2.45, 2.75) is 99.9 Å². The first-order valence-electron chi connectivity index (χ1n) is 11.1. The van der Waals surface area contributed by atoms with Crippen molar-refractivity contribution < 1.29 is 69.7 Å². The van der Waals surface area contributed by atoms with Crippen LogP contribution in [0.3, 0.4) is 0 Å². The average Bonchev–Trinajstić information content (AvgIpc) is 2.82.